The molecule has 0 amide bonds. The van der Waals surface area contributed by atoms with Crippen molar-refractivity contribution in [2.24, 2.45) is 10.8 Å². The van der Waals surface area contributed by atoms with Crippen LogP contribution < -0.4 is 0 Å². The summed E-state index contributed by atoms with van der Waals surface area (Å²) in [5, 5.41) is 9.83. The second-order valence-electron chi connectivity index (χ2n) is 6.75. The number of carbonyl (C=O) groups is 1. The van der Waals surface area contributed by atoms with Gasteiger partial charge in [0.15, 0.2) is 5.78 Å². The van der Waals surface area contributed by atoms with Gasteiger partial charge in [0, 0.05) is 0 Å². The average Bonchev–Trinajstić information content (AvgIpc) is 2.14. The minimum absolute atomic E-state index is 0.107. The molecule has 1 atom stereocenters. The van der Waals surface area contributed by atoms with Crippen LogP contribution in [0.25, 0.3) is 0 Å². The fourth-order valence-corrected chi connectivity index (χ4v) is 2.16. The van der Waals surface area contributed by atoms with Crippen LogP contribution in [0.2, 0.25) is 0 Å². The molecule has 96 valence electrons. The van der Waals surface area contributed by atoms with Crippen LogP contribution >= 0.6 is 0 Å². The first-order valence-electron chi connectivity index (χ1n) is 6.14. The maximum atomic E-state index is 12.2. The van der Waals surface area contributed by atoms with Crippen LogP contribution in [-0.4, -0.2) is 16.5 Å². The lowest BCUT2D eigenvalue weighted by atomic mass is 9.71. The van der Waals surface area contributed by atoms with E-state index in [1.807, 2.05) is 19.1 Å². The minimum atomic E-state index is -1.27. The Morgan fingerprint density at radius 2 is 1.82 bits per heavy atom. The first-order chi connectivity index (χ1) is 7.47. The lowest BCUT2D eigenvalue weighted by Crippen LogP contribution is -2.42. The molecule has 0 aromatic rings. The highest BCUT2D eigenvalue weighted by Gasteiger charge is 2.40. The van der Waals surface area contributed by atoms with Gasteiger partial charge in [-0.25, -0.2) is 0 Å². The van der Waals surface area contributed by atoms with Crippen molar-refractivity contribution < 1.29 is 9.90 Å². The van der Waals surface area contributed by atoms with Crippen LogP contribution in [0.3, 0.4) is 0 Å². The first-order valence-corrected chi connectivity index (χ1v) is 6.14. The largest absolute Gasteiger partial charge is 0.383 e. The van der Waals surface area contributed by atoms with E-state index >= 15 is 0 Å². The summed E-state index contributed by atoms with van der Waals surface area (Å²) in [4.78, 5) is 12.2. The molecule has 1 N–H and O–H groups in total. The Hall–Kier alpha value is -0.890. The molecule has 0 spiro atoms. The van der Waals surface area contributed by atoms with Gasteiger partial charge in [-0.2, -0.15) is 0 Å². The Morgan fingerprint density at radius 1 is 1.29 bits per heavy atom. The molecule has 0 saturated heterocycles. The molecule has 0 aromatic heterocycles. The molecule has 0 bridgehead atoms. The molecule has 2 heteroatoms. The summed E-state index contributed by atoms with van der Waals surface area (Å²) in [7, 11) is 0. The summed E-state index contributed by atoms with van der Waals surface area (Å²) in [5.41, 5.74) is -0.493. The molecule has 0 saturated carbocycles. The van der Waals surface area contributed by atoms with Gasteiger partial charge in [-0.15, -0.1) is 0 Å². The van der Waals surface area contributed by atoms with Gasteiger partial charge in [-0.3, -0.25) is 4.79 Å². The molecule has 0 aliphatic heterocycles. The third kappa shape index (κ3) is 3.06. The highest BCUT2D eigenvalue weighted by atomic mass is 16.3. The van der Waals surface area contributed by atoms with Gasteiger partial charge in [0.1, 0.15) is 5.60 Å². The summed E-state index contributed by atoms with van der Waals surface area (Å²) >= 11 is 0. The summed E-state index contributed by atoms with van der Waals surface area (Å²) in [6, 6.07) is 0. The molecule has 1 unspecified atom stereocenters. The Morgan fingerprint density at radius 3 is 2.12 bits per heavy atom. The normalized spacial score (nSPS) is 25.7. The van der Waals surface area contributed by atoms with E-state index in [1.54, 1.807) is 13.8 Å². The third-order valence-electron chi connectivity index (χ3n) is 3.32. The molecule has 1 aliphatic carbocycles. The smallest absolute Gasteiger partial charge is 0.173 e. The maximum absolute atomic E-state index is 12.2. The predicted molar refractivity (Wildman–Crippen MR) is 70.7 cm³/mol. The second-order valence-corrected chi connectivity index (χ2v) is 6.75. The summed E-state index contributed by atoms with van der Waals surface area (Å²) < 4.78 is 0. The van der Waals surface area contributed by atoms with E-state index in [0.29, 0.717) is 6.42 Å². The monoisotopic (exact) mass is 236 g/mol. The molecule has 17 heavy (non-hydrogen) atoms. The van der Waals surface area contributed by atoms with Crippen molar-refractivity contribution in [2.45, 2.75) is 53.6 Å². The molecule has 2 nitrogen and oxygen atoms in total. The molecule has 1 aliphatic rings. The van der Waals surface area contributed by atoms with Crippen molar-refractivity contribution in [3.8, 4) is 0 Å². The van der Waals surface area contributed by atoms with Gasteiger partial charge in [0.25, 0.3) is 0 Å². The Bertz CT molecular complexity index is 375. The van der Waals surface area contributed by atoms with E-state index in [0.717, 1.165) is 0 Å². The zero-order valence-electron chi connectivity index (χ0n) is 11.8. The van der Waals surface area contributed by atoms with E-state index < -0.39 is 11.0 Å². The molecular weight excluding hydrogens is 212 g/mol. The maximum Gasteiger partial charge on any atom is 0.173 e. The van der Waals surface area contributed by atoms with Crippen molar-refractivity contribution >= 4 is 5.78 Å². The molecule has 0 heterocycles. The van der Waals surface area contributed by atoms with Crippen molar-refractivity contribution in [2.75, 3.05) is 0 Å². The Balaban J connectivity index is 2.93. The van der Waals surface area contributed by atoms with E-state index in [4.69, 9.17) is 0 Å². The highest BCUT2D eigenvalue weighted by molar-refractivity contribution is 5.93. The zero-order chi connectivity index (χ0) is 13.5. The lowest BCUT2D eigenvalue weighted by Gasteiger charge is -2.34. The van der Waals surface area contributed by atoms with Gasteiger partial charge >= 0.3 is 0 Å². The highest BCUT2D eigenvalue weighted by Crippen LogP contribution is 2.38. The summed E-state index contributed by atoms with van der Waals surface area (Å²) in [6.45, 7) is 11.5. The third-order valence-corrected chi connectivity index (χ3v) is 3.32. The van der Waals surface area contributed by atoms with Gasteiger partial charge in [-0.1, -0.05) is 39.0 Å². The van der Waals surface area contributed by atoms with Crippen LogP contribution in [0.4, 0.5) is 0 Å². The van der Waals surface area contributed by atoms with E-state index in [-0.39, 0.29) is 11.2 Å². The molecule has 0 radical (unpaired) electrons. The number of Topliss-reactive ketones (excluding diaryl/α,β-unsaturated/α-hetero) is 1. The van der Waals surface area contributed by atoms with Crippen molar-refractivity contribution in [1.29, 1.82) is 0 Å². The Labute approximate surface area is 104 Å². The van der Waals surface area contributed by atoms with Crippen LogP contribution in [0, 0.1) is 10.8 Å². The van der Waals surface area contributed by atoms with Gasteiger partial charge < -0.3 is 5.11 Å². The fraction of sp³-hybridized carbons (Fsp3) is 0.667. The lowest BCUT2D eigenvalue weighted by molar-refractivity contribution is -0.141. The predicted octanol–water partition coefficient (Wildman–Crippen LogP) is 3.27. The number of hydrogen-bond acceptors (Lipinski definition) is 2. The van der Waals surface area contributed by atoms with E-state index in [9.17, 15) is 9.90 Å². The molecule has 0 fully saturated rings. The van der Waals surface area contributed by atoms with Gasteiger partial charge in [0.2, 0.25) is 0 Å². The van der Waals surface area contributed by atoms with Crippen LogP contribution in [0.5, 0.6) is 0 Å². The topological polar surface area (TPSA) is 37.3 Å². The molecule has 0 aromatic carbocycles. The number of carbonyl (C=O) groups excluding carboxylic acids is 1. The Kier molecular flexibility index (Phi) is 3.41. The number of hydrogen-bond donors (Lipinski definition) is 1. The SMILES string of the molecule is CC(C)(C)C1=CCC(C)(C(=O)C(C)(C)O)C=C1. The van der Waals surface area contributed by atoms with Gasteiger partial charge in [0.05, 0.1) is 5.41 Å². The van der Waals surface area contributed by atoms with Crippen LogP contribution in [0.1, 0.15) is 48.0 Å². The number of ketones is 1. The van der Waals surface area contributed by atoms with Crippen LogP contribution in [-0.2, 0) is 4.79 Å². The van der Waals surface area contributed by atoms with E-state index in [1.165, 1.54) is 5.57 Å². The van der Waals surface area contributed by atoms with Gasteiger partial charge in [-0.05, 0) is 38.2 Å². The van der Waals surface area contributed by atoms with Crippen molar-refractivity contribution in [3.63, 3.8) is 0 Å². The second kappa shape index (κ2) is 4.09. The number of aliphatic hydroxyl groups is 1. The fourth-order valence-electron chi connectivity index (χ4n) is 2.16. The molecular formula is C15H24O2. The summed E-state index contributed by atoms with van der Waals surface area (Å²) in [5.74, 6) is -0.120. The minimum Gasteiger partial charge on any atom is -0.383 e. The molecule has 1 rings (SSSR count). The van der Waals surface area contributed by atoms with E-state index in [2.05, 4.69) is 26.8 Å². The number of rotatable bonds is 2. The summed E-state index contributed by atoms with van der Waals surface area (Å²) in [6.07, 6.45) is 6.74. The quantitative estimate of drug-likeness (QED) is 0.799. The van der Waals surface area contributed by atoms with Crippen molar-refractivity contribution in [3.05, 3.63) is 23.8 Å². The average molecular weight is 236 g/mol. The number of allylic oxidation sites excluding steroid dienone is 4. The zero-order valence-corrected chi connectivity index (χ0v) is 11.8. The first kappa shape index (κ1) is 14.2. The standard InChI is InChI=1S/C15H24O2/c1-13(2,3)11-7-9-15(6,10-8-11)12(16)14(4,5)17/h7-9,17H,10H2,1-6H3. The van der Waals surface area contributed by atoms with Crippen molar-refractivity contribution in [1.82, 2.24) is 0 Å². The van der Waals surface area contributed by atoms with Crippen LogP contribution in [0.15, 0.2) is 23.8 Å².